The first-order chi connectivity index (χ1) is 11.3. The number of likely N-dealkylation sites (N-methyl/N-ethyl adjacent to an activating group) is 1. The van der Waals surface area contributed by atoms with Gasteiger partial charge in [0.25, 0.3) is 5.56 Å². The Hall–Kier alpha value is -2.12. The van der Waals surface area contributed by atoms with Crippen molar-refractivity contribution in [3.05, 3.63) is 56.2 Å². The van der Waals surface area contributed by atoms with Crippen molar-refractivity contribution in [2.75, 3.05) is 14.2 Å². The summed E-state index contributed by atoms with van der Waals surface area (Å²) in [5, 5.41) is 3.59. The lowest BCUT2D eigenvalue weighted by atomic mass is 10.2. The Kier molecular flexibility index (Phi) is 5.80. The highest BCUT2D eigenvalue weighted by Crippen LogP contribution is 2.18. The molecule has 0 saturated carbocycles. The molecule has 1 aromatic carbocycles. The van der Waals surface area contributed by atoms with Crippen LogP contribution in [0.1, 0.15) is 5.56 Å². The average Bonchev–Trinajstić information content (AvgIpc) is 2.55. The number of methoxy groups -OCH3 is 1. The number of aromatic nitrogens is 2. The SMILES string of the molecule is COc1ccc(CN(C)C(=O)Cn2ncc(Cl)c(Cl)c2=O)cc1F. The zero-order valence-corrected chi connectivity index (χ0v) is 14.4. The largest absolute Gasteiger partial charge is 0.494 e. The van der Waals surface area contributed by atoms with Crippen LogP contribution in [0.25, 0.3) is 0 Å². The minimum Gasteiger partial charge on any atom is -0.494 e. The van der Waals surface area contributed by atoms with Gasteiger partial charge in [0.1, 0.15) is 11.6 Å². The fraction of sp³-hybridized carbons (Fsp3) is 0.267. The molecule has 0 atom stereocenters. The molecule has 128 valence electrons. The molecule has 0 aliphatic rings. The molecule has 2 aromatic rings. The number of hydrogen-bond acceptors (Lipinski definition) is 4. The van der Waals surface area contributed by atoms with Gasteiger partial charge in [0.05, 0.1) is 18.3 Å². The number of benzene rings is 1. The molecule has 0 spiro atoms. The van der Waals surface area contributed by atoms with E-state index in [2.05, 4.69) is 5.10 Å². The van der Waals surface area contributed by atoms with Crippen LogP contribution in [-0.4, -0.2) is 34.7 Å². The molecule has 0 N–H and O–H groups in total. The van der Waals surface area contributed by atoms with Crippen molar-refractivity contribution in [3.63, 3.8) is 0 Å². The second-order valence-electron chi connectivity index (χ2n) is 4.99. The van der Waals surface area contributed by atoms with Crippen molar-refractivity contribution in [2.45, 2.75) is 13.1 Å². The summed E-state index contributed by atoms with van der Waals surface area (Å²) in [7, 11) is 2.91. The predicted octanol–water partition coefficient (Wildman–Crippen LogP) is 2.36. The molecule has 0 aliphatic heterocycles. The number of amides is 1. The van der Waals surface area contributed by atoms with Gasteiger partial charge in [0, 0.05) is 13.6 Å². The fourth-order valence-corrected chi connectivity index (χ4v) is 2.25. The number of carbonyl (C=O) groups excluding carboxylic acids is 1. The van der Waals surface area contributed by atoms with Crippen LogP contribution in [-0.2, 0) is 17.9 Å². The third kappa shape index (κ3) is 4.04. The lowest BCUT2D eigenvalue weighted by Crippen LogP contribution is -2.34. The summed E-state index contributed by atoms with van der Waals surface area (Å²) in [5.74, 6) is -0.781. The Labute approximate surface area is 147 Å². The van der Waals surface area contributed by atoms with Gasteiger partial charge in [-0.05, 0) is 17.7 Å². The first-order valence-corrected chi connectivity index (χ1v) is 7.56. The highest BCUT2D eigenvalue weighted by Gasteiger charge is 2.15. The summed E-state index contributed by atoms with van der Waals surface area (Å²) in [4.78, 5) is 25.4. The molecule has 1 aromatic heterocycles. The van der Waals surface area contributed by atoms with Gasteiger partial charge in [-0.2, -0.15) is 5.10 Å². The van der Waals surface area contributed by atoms with Crippen molar-refractivity contribution >= 4 is 29.1 Å². The van der Waals surface area contributed by atoms with E-state index >= 15 is 0 Å². The van der Waals surface area contributed by atoms with E-state index in [1.807, 2.05) is 0 Å². The minimum atomic E-state index is -0.651. The van der Waals surface area contributed by atoms with Crippen LogP contribution in [0.2, 0.25) is 10.0 Å². The Morgan fingerprint density at radius 3 is 2.75 bits per heavy atom. The monoisotopic (exact) mass is 373 g/mol. The molecular weight excluding hydrogens is 360 g/mol. The van der Waals surface area contributed by atoms with E-state index in [1.165, 1.54) is 37.4 Å². The van der Waals surface area contributed by atoms with Gasteiger partial charge in [0.15, 0.2) is 11.6 Å². The first-order valence-electron chi connectivity index (χ1n) is 6.81. The number of halogens is 3. The Balaban J connectivity index is 2.09. The molecule has 9 heteroatoms. The summed E-state index contributed by atoms with van der Waals surface area (Å²) < 4.78 is 19.4. The van der Waals surface area contributed by atoms with Crippen LogP contribution in [0.5, 0.6) is 5.75 Å². The van der Waals surface area contributed by atoms with E-state index in [9.17, 15) is 14.0 Å². The molecule has 0 radical (unpaired) electrons. The average molecular weight is 374 g/mol. The highest BCUT2D eigenvalue weighted by atomic mass is 35.5. The molecule has 6 nitrogen and oxygen atoms in total. The minimum absolute atomic E-state index is 0.0208. The number of hydrogen-bond donors (Lipinski definition) is 0. The van der Waals surface area contributed by atoms with Crippen LogP contribution in [0, 0.1) is 5.82 Å². The van der Waals surface area contributed by atoms with Crippen molar-refractivity contribution in [1.29, 1.82) is 0 Å². The van der Waals surface area contributed by atoms with Crippen LogP contribution in [0.15, 0.2) is 29.2 Å². The fourth-order valence-electron chi connectivity index (χ4n) is 1.98. The number of nitrogens with zero attached hydrogens (tertiary/aromatic N) is 3. The molecule has 0 unspecified atom stereocenters. The molecule has 0 fully saturated rings. The molecule has 1 heterocycles. The van der Waals surface area contributed by atoms with Crippen molar-refractivity contribution in [1.82, 2.24) is 14.7 Å². The predicted molar refractivity (Wildman–Crippen MR) is 87.9 cm³/mol. The van der Waals surface area contributed by atoms with Gasteiger partial charge in [-0.15, -0.1) is 0 Å². The van der Waals surface area contributed by atoms with Gasteiger partial charge < -0.3 is 9.64 Å². The van der Waals surface area contributed by atoms with Gasteiger partial charge in [-0.3, -0.25) is 9.59 Å². The smallest absolute Gasteiger partial charge is 0.287 e. The van der Waals surface area contributed by atoms with Gasteiger partial charge in [-0.25, -0.2) is 9.07 Å². The third-order valence-electron chi connectivity index (χ3n) is 3.29. The lowest BCUT2D eigenvalue weighted by Gasteiger charge is -2.18. The maximum absolute atomic E-state index is 13.7. The number of carbonyl (C=O) groups is 1. The second kappa shape index (κ2) is 7.63. The van der Waals surface area contributed by atoms with Gasteiger partial charge >= 0.3 is 0 Å². The molecule has 0 aliphatic carbocycles. The number of rotatable bonds is 5. The normalized spacial score (nSPS) is 10.5. The van der Waals surface area contributed by atoms with Crippen molar-refractivity contribution in [3.8, 4) is 5.75 Å². The van der Waals surface area contributed by atoms with E-state index in [-0.39, 0.29) is 34.8 Å². The number of ether oxygens (including phenoxy) is 1. The molecule has 1 amide bonds. The second-order valence-corrected chi connectivity index (χ2v) is 5.77. The van der Waals surface area contributed by atoms with E-state index < -0.39 is 11.4 Å². The van der Waals surface area contributed by atoms with Crippen LogP contribution < -0.4 is 10.3 Å². The zero-order chi connectivity index (χ0) is 17.9. The summed E-state index contributed by atoms with van der Waals surface area (Å²) >= 11 is 11.4. The van der Waals surface area contributed by atoms with Gasteiger partial charge in [0.2, 0.25) is 5.91 Å². The van der Waals surface area contributed by atoms with E-state index in [0.29, 0.717) is 5.56 Å². The molecular formula is C15H14Cl2FN3O3. The summed E-state index contributed by atoms with van der Waals surface area (Å²) in [5.41, 5.74) is -0.0694. The molecule has 0 saturated heterocycles. The summed E-state index contributed by atoms with van der Waals surface area (Å²) in [6.45, 7) is -0.138. The van der Waals surface area contributed by atoms with E-state index in [0.717, 1.165) is 4.68 Å². The molecule has 2 rings (SSSR count). The van der Waals surface area contributed by atoms with E-state index in [1.54, 1.807) is 6.07 Å². The van der Waals surface area contributed by atoms with Gasteiger partial charge in [-0.1, -0.05) is 29.3 Å². The summed E-state index contributed by atoms with van der Waals surface area (Å²) in [6, 6.07) is 4.41. The zero-order valence-electron chi connectivity index (χ0n) is 12.9. The highest BCUT2D eigenvalue weighted by molar-refractivity contribution is 6.41. The molecule has 0 bridgehead atoms. The standard InChI is InChI=1S/C15H14Cl2FN3O3/c1-20(7-9-3-4-12(24-2)11(18)5-9)13(22)8-21-15(23)14(17)10(16)6-19-21/h3-6H,7-8H2,1-2H3. The Bertz CT molecular complexity index is 826. The van der Waals surface area contributed by atoms with E-state index in [4.69, 9.17) is 27.9 Å². The van der Waals surface area contributed by atoms with Crippen molar-refractivity contribution in [2.24, 2.45) is 0 Å². The first kappa shape index (κ1) is 18.2. The Morgan fingerprint density at radius 2 is 2.12 bits per heavy atom. The maximum atomic E-state index is 13.7. The van der Waals surface area contributed by atoms with Crippen LogP contribution in [0.4, 0.5) is 4.39 Å². The quantitative estimate of drug-likeness (QED) is 0.806. The van der Waals surface area contributed by atoms with Crippen molar-refractivity contribution < 1.29 is 13.9 Å². The molecule has 24 heavy (non-hydrogen) atoms. The topological polar surface area (TPSA) is 64.4 Å². The lowest BCUT2D eigenvalue weighted by molar-refractivity contribution is -0.131. The Morgan fingerprint density at radius 1 is 1.42 bits per heavy atom. The van der Waals surface area contributed by atoms with Crippen LogP contribution >= 0.6 is 23.2 Å². The van der Waals surface area contributed by atoms with Crippen LogP contribution in [0.3, 0.4) is 0 Å². The summed E-state index contributed by atoms with van der Waals surface area (Å²) in [6.07, 6.45) is 1.19. The maximum Gasteiger partial charge on any atom is 0.287 e. The third-order valence-corrected chi connectivity index (χ3v) is 4.04.